The van der Waals surface area contributed by atoms with Crippen LogP contribution in [0.5, 0.6) is 11.5 Å². The Hall–Kier alpha value is -2.59. The fourth-order valence-electron chi connectivity index (χ4n) is 2.69. The highest BCUT2D eigenvalue weighted by molar-refractivity contribution is 7.88. The van der Waals surface area contributed by atoms with E-state index >= 15 is 0 Å². The molecule has 25 heavy (non-hydrogen) atoms. The number of fused-ring (bicyclic) bond motifs is 1. The third-order valence-corrected chi connectivity index (χ3v) is 5.17. The molecule has 0 radical (unpaired) electrons. The summed E-state index contributed by atoms with van der Waals surface area (Å²) in [6.07, 6.45) is 1.14. The summed E-state index contributed by atoms with van der Waals surface area (Å²) >= 11 is 0. The van der Waals surface area contributed by atoms with Gasteiger partial charge in [-0.3, -0.25) is 9.89 Å². The molecule has 1 aromatic heterocycles. The topological polar surface area (TPSA) is 114 Å². The Morgan fingerprint density at radius 1 is 1.24 bits per heavy atom. The first-order valence-electron chi connectivity index (χ1n) is 7.38. The fraction of sp³-hybridized carbons (Fsp3) is 0.333. The van der Waals surface area contributed by atoms with Gasteiger partial charge < -0.3 is 14.8 Å². The monoisotopic (exact) mass is 366 g/mol. The smallest absolute Gasteiger partial charge is 0.264 e. The van der Waals surface area contributed by atoms with Gasteiger partial charge in [-0.25, -0.2) is 8.42 Å². The molecule has 10 heteroatoms. The van der Waals surface area contributed by atoms with Crippen molar-refractivity contribution in [3.63, 3.8) is 0 Å². The molecule has 1 amide bonds. The Morgan fingerprint density at radius 2 is 1.88 bits per heavy atom. The highest BCUT2D eigenvalue weighted by atomic mass is 32.2. The third-order valence-electron chi connectivity index (χ3n) is 3.98. The SMILES string of the molecule is COc1cccc(OC)c1C(=O)Nc1n[nH]c2c1CN(S(C)(=O)=O)C2. The van der Waals surface area contributed by atoms with Crippen LogP contribution in [0.3, 0.4) is 0 Å². The van der Waals surface area contributed by atoms with Gasteiger partial charge in [0.15, 0.2) is 5.82 Å². The molecule has 0 saturated heterocycles. The van der Waals surface area contributed by atoms with E-state index in [-0.39, 0.29) is 18.7 Å². The number of methoxy groups -OCH3 is 2. The predicted molar refractivity (Wildman–Crippen MR) is 90.2 cm³/mol. The van der Waals surface area contributed by atoms with Crippen LogP contribution in [-0.4, -0.2) is 49.3 Å². The van der Waals surface area contributed by atoms with Crippen molar-refractivity contribution in [2.24, 2.45) is 0 Å². The number of nitrogens with one attached hydrogen (secondary N) is 2. The number of H-pyrrole nitrogens is 1. The number of anilines is 1. The average Bonchev–Trinajstić information content (AvgIpc) is 3.15. The van der Waals surface area contributed by atoms with E-state index in [1.807, 2.05) is 0 Å². The van der Waals surface area contributed by atoms with Crippen LogP contribution in [0.1, 0.15) is 21.6 Å². The highest BCUT2D eigenvalue weighted by Crippen LogP contribution is 2.32. The molecule has 3 rings (SSSR count). The van der Waals surface area contributed by atoms with Crippen molar-refractivity contribution in [3.8, 4) is 11.5 Å². The van der Waals surface area contributed by atoms with Gasteiger partial charge >= 0.3 is 0 Å². The maximum Gasteiger partial charge on any atom is 0.264 e. The Morgan fingerprint density at radius 3 is 2.44 bits per heavy atom. The summed E-state index contributed by atoms with van der Waals surface area (Å²) in [6, 6.07) is 5.01. The standard InChI is InChI=1S/C15H18N4O5S/c1-23-11-5-4-6-12(24-2)13(11)15(20)16-14-9-7-19(25(3,21)22)8-10(9)17-18-14/h4-6H,7-8H2,1-3H3,(H2,16,17,18,20). The summed E-state index contributed by atoms with van der Waals surface area (Å²) in [6.45, 7) is 0.359. The molecular weight excluding hydrogens is 348 g/mol. The molecule has 0 saturated carbocycles. The number of aromatic nitrogens is 2. The van der Waals surface area contributed by atoms with E-state index in [0.29, 0.717) is 28.6 Å². The van der Waals surface area contributed by atoms with Crippen LogP contribution < -0.4 is 14.8 Å². The second kappa shape index (κ2) is 6.37. The van der Waals surface area contributed by atoms with Crippen molar-refractivity contribution in [2.45, 2.75) is 13.1 Å². The third kappa shape index (κ3) is 3.17. The van der Waals surface area contributed by atoms with Crippen LogP contribution in [0.2, 0.25) is 0 Å². The number of aromatic amines is 1. The first-order chi connectivity index (χ1) is 11.8. The van der Waals surface area contributed by atoms with E-state index in [1.54, 1.807) is 18.2 Å². The first kappa shape index (κ1) is 17.2. The fourth-order valence-corrected chi connectivity index (χ4v) is 3.42. The average molecular weight is 366 g/mol. The van der Waals surface area contributed by atoms with E-state index in [1.165, 1.54) is 18.5 Å². The molecule has 2 aromatic rings. The van der Waals surface area contributed by atoms with Gasteiger partial charge in [0.05, 0.1) is 32.7 Å². The van der Waals surface area contributed by atoms with Crippen LogP contribution in [-0.2, 0) is 23.1 Å². The molecule has 1 aromatic carbocycles. The molecule has 2 heterocycles. The number of ether oxygens (including phenoxy) is 2. The summed E-state index contributed by atoms with van der Waals surface area (Å²) in [4.78, 5) is 12.7. The number of hydrogen-bond acceptors (Lipinski definition) is 6. The van der Waals surface area contributed by atoms with Gasteiger partial charge in [-0.05, 0) is 12.1 Å². The molecule has 0 spiro atoms. The van der Waals surface area contributed by atoms with E-state index in [4.69, 9.17) is 9.47 Å². The Labute approximate surface area is 145 Å². The van der Waals surface area contributed by atoms with E-state index in [0.717, 1.165) is 6.26 Å². The van der Waals surface area contributed by atoms with Crippen LogP contribution in [0.4, 0.5) is 5.82 Å². The van der Waals surface area contributed by atoms with Gasteiger partial charge in [0, 0.05) is 12.1 Å². The zero-order valence-electron chi connectivity index (χ0n) is 14.0. The first-order valence-corrected chi connectivity index (χ1v) is 9.23. The van der Waals surface area contributed by atoms with Crippen molar-refractivity contribution in [1.82, 2.24) is 14.5 Å². The van der Waals surface area contributed by atoms with E-state index in [9.17, 15) is 13.2 Å². The van der Waals surface area contributed by atoms with Crippen LogP contribution in [0.25, 0.3) is 0 Å². The van der Waals surface area contributed by atoms with Crippen LogP contribution >= 0.6 is 0 Å². The van der Waals surface area contributed by atoms with Crippen LogP contribution in [0, 0.1) is 0 Å². The summed E-state index contributed by atoms with van der Waals surface area (Å²) in [7, 11) is -0.406. The van der Waals surface area contributed by atoms with E-state index in [2.05, 4.69) is 15.5 Å². The second-order valence-electron chi connectivity index (χ2n) is 5.55. The quantitative estimate of drug-likeness (QED) is 0.815. The molecule has 0 aliphatic carbocycles. The minimum absolute atomic E-state index is 0.156. The van der Waals surface area contributed by atoms with Crippen molar-refractivity contribution in [3.05, 3.63) is 35.0 Å². The molecule has 0 unspecified atom stereocenters. The molecular formula is C15H18N4O5S. The lowest BCUT2D eigenvalue weighted by Gasteiger charge is -2.13. The van der Waals surface area contributed by atoms with E-state index < -0.39 is 15.9 Å². The van der Waals surface area contributed by atoms with Gasteiger partial charge in [0.1, 0.15) is 17.1 Å². The number of nitrogens with zero attached hydrogens (tertiary/aromatic N) is 2. The van der Waals surface area contributed by atoms with Gasteiger partial charge in [0.2, 0.25) is 10.0 Å². The van der Waals surface area contributed by atoms with Gasteiger partial charge in [-0.1, -0.05) is 6.07 Å². The molecule has 134 valence electrons. The molecule has 1 aliphatic heterocycles. The molecule has 0 fully saturated rings. The van der Waals surface area contributed by atoms with Gasteiger partial charge in [-0.2, -0.15) is 9.40 Å². The second-order valence-corrected chi connectivity index (χ2v) is 7.53. The lowest BCUT2D eigenvalue weighted by molar-refractivity contribution is 0.102. The van der Waals surface area contributed by atoms with Crippen molar-refractivity contribution in [2.75, 3.05) is 25.8 Å². The maximum atomic E-state index is 12.7. The number of amides is 1. The number of rotatable bonds is 5. The Kier molecular flexibility index (Phi) is 4.39. The predicted octanol–water partition coefficient (Wildman–Crippen LogP) is 0.954. The zero-order chi connectivity index (χ0) is 18.2. The van der Waals surface area contributed by atoms with Gasteiger partial charge in [-0.15, -0.1) is 0 Å². The molecule has 0 atom stereocenters. The van der Waals surface area contributed by atoms with Crippen molar-refractivity contribution >= 4 is 21.7 Å². The number of sulfonamides is 1. The maximum absolute atomic E-state index is 12.7. The minimum Gasteiger partial charge on any atom is -0.496 e. The summed E-state index contributed by atoms with van der Waals surface area (Å²) < 4.78 is 35.1. The lowest BCUT2D eigenvalue weighted by atomic mass is 10.1. The molecule has 2 N–H and O–H groups in total. The highest BCUT2D eigenvalue weighted by Gasteiger charge is 2.31. The number of carbonyl (C=O) groups excluding carboxylic acids is 1. The summed E-state index contributed by atoms with van der Waals surface area (Å²) in [5.74, 6) is 0.559. The molecule has 0 bridgehead atoms. The van der Waals surface area contributed by atoms with Crippen molar-refractivity contribution < 1.29 is 22.7 Å². The minimum atomic E-state index is -3.33. The molecule has 1 aliphatic rings. The van der Waals surface area contributed by atoms with Gasteiger partial charge in [0.25, 0.3) is 5.91 Å². The molecule has 9 nitrogen and oxygen atoms in total. The summed E-state index contributed by atoms with van der Waals surface area (Å²) in [5, 5.41) is 9.54. The lowest BCUT2D eigenvalue weighted by Crippen LogP contribution is -2.24. The number of benzene rings is 1. The van der Waals surface area contributed by atoms with Crippen molar-refractivity contribution in [1.29, 1.82) is 0 Å². The summed E-state index contributed by atoms with van der Waals surface area (Å²) in [5.41, 5.74) is 1.54. The normalized spacial score (nSPS) is 14.2. The Balaban J connectivity index is 1.88. The zero-order valence-corrected chi connectivity index (χ0v) is 14.8. The Bertz CT molecular complexity index is 900. The number of carbonyl (C=O) groups is 1. The largest absolute Gasteiger partial charge is 0.496 e. The number of hydrogen-bond donors (Lipinski definition) is 2. The van der Waals surface area contributed by atoms with Crippen LogP contribution in [0.15, 0.2) is 18.2 Å².